The largest absolute Gasteiger partial charge is 0.471 e. The summed E-state index contributed by atoms with van der Waals surface area (Å²) in [5.41, 5.74) is 4.91. The number of carbonyl (C=O) groups excluding carboxylic acids is 1. The van der Waals surface area contributed by atoms with Crippen LogP contribution in [0.3, 0.4) is 0 Å². The Bertz CT molecular complexity index is 854. The molecular formula is C16H25N4O7P. The molecular weight excluding hydrogens is 391 g/mol. The third-order valence-corrected chi connectivity index (χ3v) is 4.90. The number of nitrogens with zero attached hydrogens (tertiary/aromatic N) is 2. The second kappa shape index (κ2) is 8.76. The number of esters is 1. The molecule has 1 saturated heterocycles. The molecule has 11 nitrogen and oxygen atoms in total. The Hall–Kier alpha value is -2.36. The SMILES string of the molecule is CC(C)OC(=O)[C@H](C)NP(=O)(O)O/C=C1/C[C@H](C)[C@H](n2ccc(N)nc2=O)O1. The molecule has 0 radical (unpaired) electrons. The highest BCUT2D eigenvalue weighted by molar-refractivity contribution is 7.50. The van der Waals surface area contributed by atoms with Crippen molar-refractivity contribution in [2.24, 2.45) is 5.92 Å². The van der Waals surface area contributed by atoms with Gasteiger partial charge in [0.05, 0.1) is 6.10 Å². The summed E-state index contributed by atoms with van der Waals surface area (Å²) in [5, 5.41) is 2.19. The van der Waals surface area contributed by atoms with Crippen LogP contribution in [0.1, 0.15) is 40.3 Å². The lowest BCUT2D eigenvalue weighted by Crippen LogP contribution is -2.34. The second-order valence-electron chi connectivity index (χ2n) is 6.78. The summed E-state index contributed by atoms with van der Waals surface area (Å²) in [6.07, 6.45) is 1.83. The molecule has 156 valence electrons. The summed E-state index contributed by atoms with van der Waals surface area (Å²) in [7, 11) is -4.33. The highest BCUT2D eigenvalue weighted by atomic mass is 31.2. The average Bonchev–Trinajstić information content (AvgIpc) is 2.93. The van der Waals surface area contributed by atoms with Gasteiger partial charge < -0.3 is 24.6 Å². The van der Waals surface area contributed by atoms with E-state index in [4.69, 9.17) is 19.7 Å². The molecule has 12 heteroatoms. The molecule has 1 fully saturated rings. The number of nitrogens with two attached hydrogens (primary N) is 1. The molecule has 1 aromatic heterocycles. The predicted octanol–water partition coefficient (Wildman–Crippen LogP) is 1.27. The van der Waals surface area contributed by atoms with Gasteiger partial charge in [0, 0.05) is 18.5 Å². The third kappa shape index (κ3) is 5.82. The van der Waals surface area contributed by atoms with Crippen LogP contribution in [0, 0.1) is 5.92 Å². The fourth-order valence-electron chi connectivity index (χ4n) is 2.56. The standard InChI is InChI=1S/C16H25N4O7P/c1-9(2)26-15(21)11(4)19-28(23,24)25-8-12-7-10(3)14(27-12)20-6-5-13(17)18-16(20)22/h5-6,8-11,14H,7H2,1-4H3,(H2,17,18,22)(H2,19,23,24)/b12-8-/t10-,11-,14+/m0/s1. The fraction of sp³-hybridized carbons (Fsp3) is 0.562. The zero-order valence-corrected chi connectivity index (χ0v) is 17.0. The van der Waals surface area contributed by atoms with Crippen LogP contribution in [0.5, 0.6) is 0 Å². The monoisotopic (exact) mass is 416 g/mol. The number of ether oxygens (including phenoxy) is 2. The van der Waals surface area contributed by atoms with Crippen LogP contribution in [0.4, 0.5) is 5.82 Å². The van der Waals surface area contributed by atoms with Gasteiger partial charge in [-0.3, -0.25) is 9.36 Å². The maximum absolute atomic E-state index is 12.1. The Morgan fingerprint density at radius 2 is 2.21 bits per heavy atom. The molecule has 4 N–H and O–H groups in total. The summed E-state index contributed by atoms with van der Waals surface area (Å²) in [4.78, 5) is 37.2. The summed E-state index contributed by atoms with van der Waals surface area (Å²) < 4.78 is 28.9. The Morgan fingerprint density at radius 1 is 1.54 bits per heavy atom. The number of anilines is 1. The van der Waals surface area contributed by atoms with E-state index >= 15 is 0 Å². The van der Waals surface area contributed by atoms with Crippen LogP contribution >= 0.6 is 7.75 Å². The smallest absolute Gasteiger partial charge is 0.456 e. The van der Waals surface area contributed by atoms with Crippen molar-refractivity contribution in [2.75, 3.05) is 5.73 Å². The Kier molecular flexibility index (Phi) is 6.87. The minimum atomic E-state index is -4.33. The van der Waals surface area contributed by atoms with Crippen molar-refractivity contribution in [3.05, 3.63) is 34.8 Å². The first-order chi connectivity index (χ1) is 13.0. The van der Waals surface area contributed by atoms with Gasteiger partial charge in [-0.2, -0.15) is 10.1 Å². The lowest BCUT2D eigenvalue weighted by molar-refractivity contribution is -0.149. The minimum absolute atomic E-state index is 0.100. The lowest BCUT2D eigenvalue weighted by atomic mass is 10.1. The first kappa shape index (κ1) is 21.9. The molecule has 0 aromatic carbocycles. The summed E-state index contributed by atoms with van der Waals surface area (Å²) >= 11 is 0. The Balaban J connectivity index is 2.01. The van der Waals surface area contributed by atoms with Gasteiger partial charge in [-0.05, 0) is 26.8 Å². The quantitative estimate of drug-likeness (QED) is 0.336. The molecule has 1 aliphatic heterocycles. The summed E-state index contributed by atoms with van der Waals surface area (Å²) in [6.45, 7) is 6.56. The molecule has 0 amide bonds. The first-order valence-corrected chi connectivity index (χ1v) is 10.3. The average molecular weight is 416 g/mol. The van der Waals surface area contributed by atoms with Gasteiger partial charge in [0.1, 0.15) is 23.9 Å². The van der Waals surface area contributed by atoms with Crippen LogP contribution in [0.15, 0.2) is 29.1 Å². The predicted molar refractivity (Wildman–Crippen MR) is 99.6 cm³/mol. The van der Waals surface area contributed by atoms with Crippen molar-refractivity contribution >= 4 is 19.5 Å². The van der Waals surface area contributed by atoms with Gasteiger partial charge >= 0.3 is 19.4 Å². The maximum atomic E-state index is 12.1. The van der Waals surface area contributed by atoms with Crippen molar-refractivity contribution in [3.8, 4) is 0 Å². The number of nitrogens with one attached hydrogen (secondary N) is 1. The molecule has 0 spiro atoms. The Labute approximate surface area is 162 Å². The molecule has 1 unspecified atom stereocenters. The number of hydrogen-bond donors (Lipinski definition) is 3. The zero-order valence-electron chi connectivity index (χ0n) is 16.1. The molecule has 0 bridgehead atoms. The molecule has 0 saturated carbocycles. The zero-order chi connectivity index (χ0) is 21.1. The van der Waals surface area contributed by atoms with Crippen LogP contribution in [0.2, 0.25) is 0 Å². The number of hydrogen-bond acceptors (Lipinski definition) is 8. The van der Waals surface area contributed by atoms with E-state index < -0.39 is 31.7 Å². The van der Waals surface area contributed by atoms with E-state index in [2.05, 4.69) is 10.1 Å². The van der Waals surface area contributed by atoms with E-state index in [1.54, 1.807) is 13.8 Å². The molecule has 2 rings (SSSR count). The van der Waals surface area contributed by atoms with E-state index in [1.807, 2.05) is 6.92 Å². The van der Waals surface area contributed by atoms with E-state index in [-0.39, 0.29) is 23.6 Å². The molecule has 1 aromatic rings. The normalized spacial score (nSPS) is 23.9. The van der Waals surface area contributed by atoms with Gasteiger partial charge in [-0.25, -0.2) is 9.36 Å². The first-order valence-electron chi connectivity index (χ1n) is 8.68. The van der Waals surface area contributed by atoms with Crippen molar-refractivity contribution in [1.29, 1.82) is 0 Å². The third-order valence-electron chi connectivity index (χ3n) is 3.80. The van der Waals surface area contributed by atoms with Gasteiger partial charge in [-0.15, -0.1) is 0 Å². The van der Waals surface area contributed by atoms with Crippen molar-refractivity contribution in [1.82, 2.24) is 14.6 Å². The van der Waals surface area contributed by atoms with Gasteiger partial charge in [0.15, 0.2) is 6.23 Å². The van der Waals surface area contributed by atoms with Gasteiger partial charge in [0.2, 0.25) is 0 Å². The fourth-order valence-corrected chi connectivity index (χ4v) is 3.47. The number of carbonyl (C=O) groups is 1. The number of nitrogen functional groups attached to an aromatic ring is 1. The number of allylic oxidation sites excluding steroid dienone is 1. The molecule has 0 aliphatic carbocycles. The van der Waals surface area contributed by atoms with Crippen molar-refractivity contribution in [2.45, 2.75) is 52.5 Å². The second-order valence-corrected chi connectivity index (χ2v) is 8.29. The van der Waals surface area contributed by atoms with Crippen molar-refractivity contribution in [3.63, 3.8) is 0 Å². The van der Waals surface area contributed by atoms with Crippen LogP contribution in [0.25, 0.3) is 0 Å². The summed E-state index contributed by atoms with van der Waals surface area (Å²) in [5.74, 6) is -0.427. The minimum Gasteiger partial charge on any atom is -0.471 e. The van der Waals surface area contributed by atoms with Crippen molar-refractivity contribution < 1.29 is 28.3 Å². The van der Waals surface area contributed by atoms with E-state index in [0.717, 1.165) is 6.26 Å². The topological polar surface area (TPSA) is 155 Å². The van der Waals surface area contributed by atoms with Crippen LogP contribution in [-0.2, 0) is 23.4 Å². The van der Waals surface area contributed by atoms with E-state index in [0.29, 0.717) is 6.42 Å². The lowest BCUT2D eigenvalue weighted by Gasteiger charge is -2.18. The summed E-state index contributed by atoms with van der Waals surface area (Å²) in [6, 6.07) is 0.423. The Morgan fingerprint density at radius 3 is 2.82 bits per heavy atom. The number of rotatable bonds is 7. The van der Waals surface area contributed by atoms with Crippen LogP contribution < -0.4 is 16.5 Å². The molecule has 28 heavy (non-hydrogen) atoms. The highest BCUT2D eigenvalue weighted by Gasteiger charge is 2.33. The van der Waals surface area contributed by atoms with Crippen LogP contribution in [-0.4, -0.2) is 32.6 Å². The number of aromatic nitrogens is 2. The highest BCUT2D eigenvalue weighted by Crippen LogP contribution is 2.41. The molecule has 2 heterocycles. The molecule has 4 atom stereocenters. The molecule has 1 aliphatic rings. The van der Waals surface area contributed by atoms with E-state index in [1.165, 1.54) is 23.8 Å². The van der Waals surface area contributed by atoms with Gasteiger partial charge in [-0.1, -0.05) is 6.92 Å². The van der Waals surface area contributed by atoms with E-state index in [9.17, 15) is 19.0 Å². The van der Waals surface area contributed by atoms with Gasteiger partial charge in [0.25, 0.3) is 0 Å². The maximum Gasteiger partial charge on any atom is 0.456 e.